The van der Waals surface area contributed by atoms with E-state index in [0.717, 1.165) is 88.0 Å². The lowest BCUT2D eigenvalue weighted by molar-refractivity contribution is 1.28. The number of aromatic amines is 1. The Kier molecular flexibility index (Phi) is 6.91. The van der Waals surface area contributed by atoms with Crippen molar-refractivity contribution in [3.8, 4) is 44.8 Å². The molecule has 0 atom stereocenters. The fourth-order valence-electron chi connectivity index (χ4n) is 6.45. The summed E-state index contributed by atoms with van der Waals surface area (Å²) in [6.45, 7) is 0. The van der Waals surface area contributed by atoms with E-state index in [9.17, 15) is 0 Å². The van der Waals surface area contributed by atoms with Gasteiger partial charge in [0.25, 0.3) is 0 Å². The van der Waals surface area contributed by atoms with Gasteiger partial charge in [-0.25, -0.2) is 9.97 Å². The Morgan fingerprint density at radius 3 is 1.23 bits per heavy atom. The van der Waals surface area contributed by atoms with Gasteiger partial charge in [-0.05, 0) is 84.0 Å². The highest BCUT2D eigenvalue weighted by Crippen LogP contribution is 2.40. The van der Waals surface area contributed by atoms with Gasteiger partial charge in [-0.1, -0.05) is 72.8 Å². The first-order valence-electron chi connectivity index (χ1n) is 15.8. The van der Waals surface area contributed by atoms with E-state index in [1.54, 1.807) is 11.3 Å². The molecule has 0 saturated carbocycles. The lowest BCUT2D eigenvalue weighted by Gasteiger charge is -2.06. The number of nitrogens with one attached hydrogen (secondary N) is 1. The number of aromatic nitrogens is 5. The molecule has 1 N–H and O–H groups in total. The summed E-state index contributed by atoms with van der Waals surface area (Å²) < 4.78 is 2.27. The van der Waals surface area contributed by atoms with Crippen molar-refractivity contribution in [2.75, 3.05) is 0 Å². The van der Waals surface area contributed by atoms with E-state index in [1.165, 1.54) is 0 Å². The van der Waals surface area contributed by atoms with Gasteiger partial charge in [0, 0.05) is 44.0 Å². The van der Waals surface area contributed by atoms with Crippen LogP contribution in [0.2, 0.25) is 0 Å². The zero-order chi connectivity index (χ0) is 31.9. The molecular formula is C42H27N5S. The van der Waals surface area contributed by atoms with Crippen LogP contribution >= 0.6 is 11.3 Å². The molecule has 0 saturated heterocycles. The average Bonchev–Trinajstić information content (AvgIpc) is 3.98. The van der Waals surface area contributed by atoms with E-state index in [1.807, 2.05) is 48.8 Å². The number of fused-ring (bicyclic) bond motifs is 8. The van der Waals surface area contributed by atoms with E-state index in [4.69, 9.17) is 19.9 Å². The van der Waals surface area contributed by atoms with Crippen LogP contribution in [0.3, 0.4) is 0 Å². The first kappa shape index (κ1) is 28.0. The predicted molar refractivity (Wildman–Crippen MR) is 200 cm³/mol. The molecule has 8 bridgehead atoms. The highest BCUT2D eigenvalue weighted by atomic mass is 32.1. The molecule has 7 aromatic rings. The Morgan fingerprint density at radius 2 is 0.812 bits per heavy atom. The Morgan fingerprint density at radius 1 is 0.396 bits per heavy atom. The monoisotopic (exact) mass is 633 g/mol. The van der Waals surface area contributed by atoms with Crippen molar-refractivity contribution in [3.05, 3.63) is 156 Å². The second-order valence-electron chi connectivity index (χ2n) is 11.5. The van der Waals surface area contributed by atoms with Crippen molar-refractivity contribution in [1.29, 1.82) is 0 Å². The number of hydrogen-bond acceptors (Lipinski definition) is 5. The molecule has 0 radical (unpaired) electrons. The molecule has 0 aliphatic carbocycles. The van der Waals surface area contributed by atoms with Crippen molar-refractivity contribution in [2.24, 2.45) is 0 Å². The van der Waals surface area contributed by atoms with Crippen LogP contribution in [0.4, 0.5) is 0 Å². The number of thiophene rings is 1. The number of benzene rings is 2. The summed E-state index contributed by atoms with van der Waals surface area (Å²) in [5.41, 5.74) is 13.3. The fraction of sp³-hybridized carbons (Fsp3) is 0. The topological polar surface area (TPSA) is 67.3 Å². The van der Waals surface area contributed by atoms with Crippen molar-refractivity contribution < 1.29 is 0 Å². The van der Waals surface area contributed by atoms with Crippen LogP contribution < -0.4 is 0 Å². The van der Waals surface area contributed by atoms with Crippen LogP contribution in [-0.2, 0) is 0 Å². The van der Waals surface area contributed by atoms with Gasteiger partial charge in [0.2, 0.25) is 0 Å². The number of H-pyrrole nitrogens is 1. The second-order valence-corrected chi connectivity index (χ2v) is 12.6. The molecule has 0 spiro atoms. The Hall–Kier alpha value is -6.24. The molecule has 0 unspecified atom stereocenters. The maximum absolute atomic E-state index is 5.32. The normalized spacial score (nSPS) is 12.0. The van der Waals surface area contributed by atoms with Gasteiger partial charge >= 0.3 is 0 Å². The minimum Gasteiger partial charge on any atom is -0.354 e. The molecule has 0 amide bonds. The number of rotatable bonds is 4. The van der Waals surface area contributed by atoms with Crippen molar-refractivity contribution in [1.82, 2.24) is 24.9 Å². The maximum atomic E-state index is 5.32. The summed E-state index contributed by atoms with van der Waals surface area (Å²) in [4.78, 5) is 23.9. The van der Waals surface area contributed by atoms with E-state index in [-0.39, 0.29) is 0 Å². The van der Waals surface area contributed by atoms with E-state index < -0.39 is 0 Å². The summed E-state index contributed by atoms with van der Waals surface area (Å²) in [7, 11) is 0. The van der Waals surface area contributed by atoms with Crippen LogP contribution in [0, 0.1) is 0 Å². The molecule has 7 heterocycles. The van der Waals surface area contributed by atoms with Gasteiger partial charge in [0.1, 0.15) is 0 Å². The van der Waals surface area contributed by atoms with E-state index >= 15 is 0 Å². The molecule has 5 aromatic heterocycles. The summed E-state index contributed by atoms with van der Waals surface area (Å²) in [5, 5.41) is 0. The van der Waals surface area contributed by atoms with Crippen LogP contribution in [0.5, 0.6) is 0 Å². The summed E-state index contributed by atoms with van der Waals surface area (Å²) in [6, 6.07) is 41.7. The zero-order valence-electron chi connectivity index (χ0n) is 25.7. The maximum Gasteiger partial charge on any atom is 0.0753 e. The van der Waals surface area contributed by atoms with Gasteiger partial charge in [-0.15, -0.1) is 11.3 Å². The predicted octanol–water partition coefficient (Wildman–Crippen LogP) is 10.8. The minimum absolute atomic E-state index is 0.839. The van der Waals surface area contributed by atoms with Gasteiger partial charge < -0.3 is 4.98 Å². The molecule has 6 heteroatoms. The summed E-state index contributed by atoms with van der Waals surface area (Å²) >= 11 is 1.76. The van der Waals surface area contributed by atoms with Crippen LogP contribution in [0.25, 0.3) is 89.5 Å². The van der Waals surface area contributed by atoms with Gasteiger partial charge in [0.15, 0.2) is 0 Å². The van der Waals surface area contributed by atoms with Crippen LogP contribution in [0.1, 0.15) is 22.8 Å². The lowest BCUT2D eigenvalue weighted by Crippen LogP contribution is -1.90. The third-order valence-corrected chi connectivity index (χ3v) is 9.72. The highest BCUT2D eigenvalue weighted by Gasteiger charge is 2.19. The van der Waals surface area contributed by atoms with Crippen molar-refractivity contribution in [2.45, 2.75) is 0 Å². The SMILES string of the molecule is C1=Cc2nc1c(-c1ccccn1)c1ccc([nH]1)c(-c1ccccn1)c1nc(c(-c3ccccc3)c3ccc(s3)c2-c2ccccc2)C=C1. The van der Waals surface area contributed by atoms with Gasteiger partial charge in [-0.3, -0.25) is 9.97 Å². The second kappa shape index (κ2) is 11.8. The van der Waals surface area contributed by atoms with E-state index in [2.05, 4.69) is 114 Å². The third kappa shape index (κ3) is 4.96. The molecule has 2 aliphatic heterocycles. The molecule has 2 aromatic carbocycles. The Balaban J connectivity index is 1.49. The first-order chi connectivity index (χ1) is 23.8. The highest BCUT2D eigenvalue weighted by molar-refractivity contribution is 7.24. The van der Waals surface area contributed by atoms with Crippen LogP contribution in [0.15, 0.2) is 134 Å². The number of pyridine rings is 2. The van der Waals surface area contributed by atoms with E-state index in [0.29, 0.717) is 0 Å². The molecule has 2 aliphatic rings. The summed E-state index contributed by atoms with van der Waals surface area (Å²) in [5.74, 6) is 0. The molecule has 48 heavy (non-hydrogen) atoms. The fourth-order valence-corrected chi connectivity index (χ4v) is 7.61. The third-order valence-electron chi connectivity index (χ3n) is 8.59. The quantitative estimate of drug-likeness (QED) is 0.209. The summed E-state index contributed by atoms with van der Waals surface area (Å²) in [6.07, 6.45) is 12.1. The average molecular weight is 634 g/mol. The van der Waals surface area contributed by atoms with Crippen LogP contribution in [-0.4, -0.2) is 24.9 Å². The smallest absolute Gasteiger partial charge is 0.0753 e. The Labute approximate surface area is 281 Å². The Bertz CT molecular complexity index is 2180. The van der Waals surface area contributed by atoms with Gasteiger partial charge in [0.05, 0.1) is 45.2 Å². The zero-order valence-corrected chi connectivity index (χ0v) is 26.5. The largest absolute Gasteiger partial charge is 0.354 e. The molecular weight excluding hydrogens is 607 g/mol. The number of nitrogens with zero attached hydrogens (tertiary/aromatic N) is 4. The molecule has 5 nitrogen and oxygen atoms in total. The molecule has 9 rings (SSSR count). The van der Waals surface area contributed by atoms with Crippen molar-refractivity contribution in [3.63, 3.8) is 0 Å². The van der Waals surface area contributed by atoms with Crippen molar-refractivity contribution >= 4 is 56.1 Å². The number of hydrogen-bond donors (Lipinski definition) is 1. The first-order valence-corrected chi connectivity index (χ1v) is 16.6. The van der Waals surface area contributed by atoms with Gasteiger partial charge in [-0.2, -0.15) is 0 Å². The standard InChI is InChI=1S/C42H27N5S/c1-3-11-27(12-4-1)39-31-17-19-33(45-31)41(29-15-7-9-25-43-29)35-21-22-36(47-35)42(30-16-8-10-26-44-30)34-20-18-32(46-34)40(28-13-5-2-6-14-28)38-24-23-37(39)48-38/h1-26,47H. The minimum atomic E-state index is 0.839. The molecule has 226 valence electrons. The lowest BCUT2D eigenvalue weighted by atomic mass is 10.0. The molecule has 0 fully saturated rings.